The lowest BCUT2D eigenvalue weighted by molar-refractivity contribution is 0.00578. The molecule has 1 saturated heterocycles. The lowest BCUT2D eigenvalue weighted by Gasteiger charge is -2.32. The van der Waals surface area contributed by atoms with E-state index >= 15 is 0 Å². The number of rotatable bonds is 2. The predicted octanol–water partition coefficient (Wildman–Crippen LogP) is 1.76. The molecule has 0 spiro atoms. The van der Waals surface area contributed by atoms with Crippen LogP contribution in [0.25, 0.3) is 0 Å². The quantitative estimate of drug-likeness (QED) is 0.745. The SMILES string of the molecule is [2H]c1nn(C([2H])(C([2H])([2H])[2H])C([2H])([2H])[2H])c([2H])c1B1OC(C)(C)C(C)(C)O1. The molecule has 1 fully saturated rings. The number of hydrogen-bond acceptors (Lipinski definition) is 3. The van der Waals surface area contributed by atoms with Gasteiger partial charge in [0.2, 0.25) is 0 Å². The van der Waals surface area contributed by atoms with Gasteiger partial charge in [-0.3, -0.25) is 4.68 Å². The fraction of sp³-hybridized carbons (Fsp3) is 0.750. The summed E-state index contributed by atoms with van der Waals surface area (Å²) < 4.78 is 81.1. The van der Waals surface area contributed by atoms with E-state index in [9.17, 15) is 0 Å². The Labute approximate surface area is 116 Å². The van der Waals surface area contributed by atoms with E-state index in [1.54, 1.807) is 27.7 Å². The lowest BCUT2D eigenvalue weighted by Crippen LogP contribution is -2.41. The van der Waals surface area contributed by atoms with Crippen molar-refractivity contribution in [3.63, 3.8) is 0 Å². The summed E-state index contributed by atoms with van der Waals surface area (Å²) in [5, 5.41) is 3.58. The first kappa shape index (κ1) is 5.45. The minimum atomic E-state index is -3.32. The van der Waals surface area contributed by atoms with Crippen LogP contribution in [0.1, 0.15) is 59.8 Å². The molecule has 0 radical (unpaired) electrons. The van der Waals surface area contributed by atoms with Gasteiger partial charge >= 0.3 is 7.12 Å². The highest BCUT2D eigenvalue weighted by Gasteiger charge is 2.52. The highest BCUT2D eigenvalue weighted by Crippen LogP contribution is 2.36. The zero-order valence-electron chi connectivity index (χ0n) is 19.3. The van der Waals surface area contributed by atoms with Crippen LogP contribution < -0.4 is 5.46 Å². The van der Waals surface area contributed by atoms with Gasteiger partial charge in [0.15, 0.2) is 0 Å². The Kier molecular flexibility index (Phi) is 1.23. The highest BCUT2D eigenvalue weighted by atomic mass is 16.7. The second-order valence-electron chi connectivity index (χ2n) is 4.99. The van der Waals surface area contributed by atoms with Crippen LogP contribution in [0.15, 0.2) is 12.3 Å². The Balaban J connectivity index is 2.62. The van der Waals surface area contributed by atoms with E-state index in [0.717, 1.165) is 0 Å². The van der Waals surface area contributed by atoms with Crippen molar-refractivity contribution < 1.29 is 21.6 Å². The van der Waals surface area contributed by atoms with Gasteiger partial charge in [-0.15, -0.1) is 0 Å². The summed E-state index contributed by atoms with van der Waals surface area (Å²) in [5.41, 5.74) is -1.79. The third-order valence-corrected chi connectivity index (χ3v) is 3.20. The van der Waals surface area contributed by atoms with Crippen molar-refractivity contribution in [2.24, 2.45) is 0 Å². The molecule has 1 aromatic heterocycles. The van der Waals surface area contributed by atoms with Gasteiger partial charge < -0.3 is 9.31 Å². The first-order chi connectivity index (χ1) is 11.4. The molecule has 1 aromatic rings. The maximum Gasteiger partial charge on any atom is 0.498 e. The average molecular weight is 245 g/mol. The minimum absolute atomic E-state index is 0.214. The van der Waals surface area contributed by atoms with Crippen LogP contribution in [-0.2, 0) is 9.31 Å². The van der Waals surface area contributed by atoms with Gasteiger partial charge in [0.1, 0.15) is 0 Å². The number of nitrogens with zero attached hydrogens (tertiary/aromatic N) is 2. The fourth-order valence-corrected chi connectivity index (χ4v) is 1.44. The van der Waals surface area contributed by atoms with Crippen molar-refractivity contribution in [2.75, 3.05) is 0 Å². The molecule has 4 nitrogen and oxygen atoms in total. The third-order valence-electron chi connectivity index (χ3n) is 3.20. The summed E-state index contributed by atoms with van der Waals surface area (Å²) in [4.78, 5) is 0. The molecular formula is C12H21BN2O2. The molecule has 5 heteroatoms. The second-order valence-corrected chi connectivity index (χ2v) is 4.99. The van der Waals surface area contributed by atoms with Gasteiger partial charge in [0, 0.05) is 32.1 Å². The Hall–Kier alpha value is -0.805. The van der Waals surface area contributed by atoms with Crippen LogP contribution in [-0.4, -0.2) is 28.1 Å². The van der Waals surface area contributed by atoms with Gasteiger partial charge in [0.25, 0.3) is 0 Å². The molecule has 0 aromatic carbocycles. The Bertz CT molecular complexity index is 681. The normalized spacial score (nSPS) is 32.2. The van der Waals surface area contributed by atoms with Gasteiger partial charge in [-0.25, -0.2) is 0 Å². The summed E-state index contributed by atoms with van der Waals surface area (Å²) in [6.07, 6.45) is -1.28. The van der Waals surface area contributed by atoms with Crippen molar-refractivity contribution >= 4 is 12.6 Å². The van der Waals surface area contributed by atoms with Gasteiger partial charge in [0.05, 0.1) is 15.3 Å². The number of aromatic nitrogens is 2. The topological polar surface area (TPSA) is 36.3 Å². The molecule has 2 rings (SSSR count). The van der Waals surface area contributed by atoms with Crippen molar-refractivity contribution in [3.05, 3.63) is 12.3 Å². The second kappa shape index (κ2) is 3.85. The monoisotopic (exact) mass is 245 g/mol. The van der Waals surface area contributed by atoms with Crippen molar-refractivity contribution in [2.45, 2.75) is 58.6 Å². The van der Waals surface area contributed by atoms with E-state index in [1.165, 1.54) is 0 Å². The van der Waals surface area contributed by atoms with Crippen LogP contribution in [0.4, 0.5) is 0 Å². The standard InChI is InChI=1S/C12H21BN2O2/c1-9(2)15-8-10(7-14-15)13-16-11(3,4)12(5,6)17-13/h7-9H,1-6H3/i1D3,2D3,7D,8D,9D. The molecular weight excluding hydrogens is 215 g/mol. The molecule has 0 unspecified atom stereocenters. The number of hydrogen-bond donors (Lipinski definition) is 0. The smallest absolute Gasteiger partial charge is 0.399 e. The Morgan fingerprint density at radius 1 is 1.41 bits per heavy atom. The van der Waals surface area contributed by atoms with Crippen LogP contribution >= 0.6 is 0 Å². The molecule has 0 saturated carbocycles. The first-order valence-electron chi connectivity index (χ1n) is 9.79. The van der Waals surface area contributed by atoms with Gasteiger partial charge in [-0.2, -0.15) is 5.10 Å². The zero-order valence-corrected chi connectivity index (χ0v) is 10.3. The summed E-state index contributed by atoms with van der Waals surface area (Å²) in [7, 11) is -1.20. The van der Waals surface area contributed by atoms with E-state index in [2.05, 4.69) is 5.10 Å². The molecule has 0 amide bonds. The maximum atomic E-state index is 8.21. The largest absolute Gasteiger partial charge is 0.498 e. The predicted molar refractivity (Wildman–Crippen MR) is 68.3 cm³/mol. The fourth-order valence-electron chi connectivity index (χ4n) is 1.44. The summed E-state index contributed by atoms with van der Waals surface area (Å²) in [6.45, 7) is 0.378. The van der Waals surface area contributed by atoms with Crippen molar-refractivity contribution in [1.82, 2.24) is 9.78 Å². The molecule has 0 atom stereocenters. The van der Waals surface area contributed by atoms with Gasteiger partial charge in [-0.05, 0) is 41.4 Å². The molecule has 0 bridgehead atoms. The van der Waals surface area contributed by atoms with Crippen molar-refractivity contribution in [3.8, 4) is 0 Å². The first-order valence-corrected chi connectivity index (χ1v) is 5.29. The van der Waals surface area contributed by atoms with E-state index in [4.69, 9.17) is 21.6 Å². The molecule has 0 aliphatic carbocycles. The summed E-state index contributed by atoms with van der Waals surface area (Å²) >= 11 is 0. The van der Waals surface area contributed by atoms with Crippen LogP contribution in [0.5, 0.6) is 0 Å². The van der Waals surface area contributed by atoms with Gasteiger partial charge in [-0.1, -0.05) is 0 Å². The van der Waals surface area contributed by atoms with Crippen LogP contribution in [0.3, 0.4) is 0 Å². The Morgan fingerprint density at radius 2 is 2.00 bits per heavy atom. The summed E-state index contributed by atoms with van der Waals surface area (Å²) in [6, 6.07) is -3.23. The van der Waals surface area contributed by atoms with E-state index in [0.29, 0.717) is 0 Å². The molecule has 17 heavy (non-hydrogen) atoms. The molecule has 2 heterocycles. The summed E-state index contributed by atoms with van der Waals surface area (Å²) in [5.74, 6) is 0. The Morgan fingerprint density at radius 3 is 2.53 bits per heavy atom. The molecule has 1 aliphatic heterocycles. The third kappa shape index (κ3) is 2.14. The van der Waals surface area contributed by atoms with Crippen LogP contribution in [0, 0.1) is 0 Å². The average Bonchev–Trinajstić information content (AvgIpc) is 2.79. The van der Waals surface area contributed by atoms with E-state index in [1.807, 2.05) is 0 Å². The molecule has 94 valence electrons. The van der Waals surface area contributed by atoms with Crippen molar-refractivity contribution in [1.29, 1.82) is 0 Å². The zero-order chi connectivity index (χ0) is 20.5. The van der Waals surface area contributed by atoms with E-state index in [-0.39, 0.29) is 10.1 Å². The molecule has 0 N–H and O–H groups in total. The molecule has 1 aliphatic rings. The van der Waals surface area contributed by atoms with E-state index < -0.39 is 50.4 Å². The lowest BCUT2D eigenvalue weighted by atomic mass is 9.82. The minimum Gasteiger partial charge on any atom is -0.399 e. The highest BCUT2D eigenvalue weighted by molar-refractivity contribution is 6.61. The maximum absolute atomic E-state index is 8.21. The van der Waals surface area contributed by atoms with Crippen LogP contribution in [0.2, 0.25) is 0 Å².